The van der Waals surface area contributed by atoms with E-state index < -0.39 is 0 Å². The highest BCUT2D eigenvalue weighted by Crippen LogP contribution is 2.32. The number of methoxy groups -OCH3 is 1. The Balaban J connectivity index is 2.06. The van der Waals surface area contributed by atoms with E-state index in [4.69, 9.17) is 4.74 Å². The van der Waals surface area contributed by atoms with Crippen LogP contribution in [0.2, 0.25) is 0 Å². The standard InChI is InChI=1S/C18H23NOS/c1-4-10-19-13-15-8-9-18(14(2)11-15)21-17-7-5-6-16(12-17)20-3/h5-9,11-12,19H,4,10,13H2,1-3H3. The normalized spacial score (nSPS) is 10.6. The van der Waals surface area contributed by atoms with Crippen molar-refractivity contribution in [2.45, 2.75) is 36.6 Å². The summed E-state index contributed by atoms with van der Waals surface area (Å²) in [5.41, 5.74) is 2.66. The second-order valence-corrected chi connectivity index (χ2v) is 6.17. The summed E-state index contributed by atoms with van der Waals surface area (Å²) < 4.78 is 5.28. The Morgan fingerprint density at radius 2 is 2.00 bits per heavy atom. The van der Waals surface area contributed by atoms with Crippen molar-refractivity contribution in [3.05, 3.63) is 53.6 Å². The Morgan fingerprint density at radius 1 is 1.14 bits per heavy atom. The largest absolute Gasteiger partial charge is 0.497 e. The molecule has 2 aromatic rings. The molecule has 0 aliphatic rings. The Kier molecular flexibility index (Phi) is 6.15. The lowest BCUT2D eigenvalue weighted by Crippen LogP contribution is -2.13. The van der Waals surface area contributed by atoms with E-state index in [2.05, 4.69) is 49.5 Å². The first-order valence-electron chi connectivity index (χ1n) is 7.35. The van der Waals surface area contributed by atoms with Crippen molar-refractivity contribution < 1.29 is 4.74 Å². The lowest BCUT2D eigenvalue weighted by Gasteiger charge is -2.10. The van der Waals surface area contributed by atoms with E-state index in [9.17, 15) is 0 Å². The first-order valence-corrected chi connectivity index (χ1v) is 8.16. The van der Waals surface area contributed by atoms with Gasteiger partial charge in [-0.1, -0.05) is 36.9 Å². The molecule has 0 spiro atoms. The molecule has 112 valence electrons. The van der Waals surface area contributed by atoms with Crippen molar-refractivity contribution in [3.63, 3.8) is 0 Å². The molecule has 0 aliphatic carbocycles. The molecular formula is C18H23NOS. The third-order valence-electron chi connectivity index (χ3n) is 3.26. The highest BCUT2D eigenvalue weighted by molar-refractivity contribution is 7.99. The smallest absolute Gasteiger partial charge is 0.119 e. The van der Waals surface area contributed by atoms with Crippen LogP contribution in [0.5, 0.6) is 5.75 Å². The van der Waals surface area contributed by atoms with Gasteiger partial charge >= 0.3 is 0 Å². The van der Waals surface area contributed by atoms with Crippen LogP contribution in [0.4, 0.5) is 0 Å². The van der Waals surface area contributed by atoms with Crippen molar-refractivity contribution >= 4 is 11.8 Å². The molecule has 3 heteroatoms. The van der Waals surface area contributed by atoms with Crippen LogP contribution in [-0.4, -0.2) is 13.7 Å². The zero-order chi connectivity index (χ0) is 15.1. The molecule has 0 unspecified atom stereocenters. The van der Waals surface area contributed by atoms with E-state index in [0.717, 1.165) is 18.8 Å². The number of hydrogen-bond acceptors (Lipinski definition) is 3. The van der Waals surface area contributed by atoms with Gasteiger partial charge in [0.1, 0.15) is 5.75 Å². The average molecular weight is 301 g/mol. The molecule has 0 aromatic heterocycles. The van der Waals surface area contributed by atoms with Gasteiger partial charge in [0.2, 0.25) is 0 Å². The van der Waals surface area contributed by atoms with Crippen molar-refractivity contribution in [2.24, 2.45) is 0 Å². The van der Waals surface area contributed by atoms with Gasteiger partial charge in [0.25, 0.3) is 0 Å². The summed E-state index contributed by atoms with van der Waals surface area (Å²) in [5.74, 6) is 0.901. The molecule has 0 saturated heterocycles. The molecule has 0 amide bonds. The summed E-state index contributed by atoms with van der Waals surface area (Å²) in [6.45, 7) is 6.37. The predicted molar refractivity (Wildman–Crippen MR) is 90.3 cm³/mol. The monoisotopic (exact) mass is 301 g/mol. The quantitative estimate of drug-likeness (QED) is 0.752. The molecule has 0 fully saturated rings. The Bertz CT molecular complexity index is 583. The summed E-state index contributed by atoms with van der Waals surface area (Å²) in [7, 11) is 1.70. The van der Waals surface area contributed by atoms with Crippen LogP contribution < -0.4 is 10.1 Å². The maximum atomic E-state index is 5.28. The van der Waals surface area contributed by atoms with E-state index in [0.29, 0.717) is 0 Å². The van der Waals surface area contributed by atoms with Crippen LogP contribution in [0.25, 0.3) is 0 Å². The summed E-state index contributed by atoms with van der Waals surface area (Å²) in [4.78, 5) is 2.50. The average Bonchev–Trinajstić information content (AvgIpc) is 2.50. The zero-order valence-corrected chi connectivity index (χ0v) is 13.8. The van der Waals surface area contributed by atoms with Gasteiger partial charge in [-0.3, -0.25) is 0 Å². The number of hydrogen-bond donors (Lipinski definition) is 1. The lowest BCUT2D eigenvalue weighted by molar-refractivity contribution is 0.413. The fourth-order valence-corrected chi connectivity index (χ4v) is 3.07. The number of benzene rings is 2. The number of rotatable bonds is 7. The van der Waals surface area contributed by atoms with Crippen LogP contribution in [0.15, 0.2) is 52.3 Å². The summed E-state index contributed by atoms with van der Waals surface area (Å²) >= 11 is 1.78. The van der Waals surface area contributed by atoms with Crippen molar-refractivity contribution in [1.29, 1.82) is 0 Å². The van der Waals surface area contributed by atoms with Crippen molar-refractivity contribution in [1.82, 2.24) is 5.32 Å². The molecular weight excluding hydrogens is 278 g/mol. The molecule has 0 aliphatic heterocycles. The highest BCUT2D eigenvalue weighted by atomic mass is 32.2. The molecule has 2 nitrogen and oxygen atoms in total. The van der Waals surface area contributed by atoms with Gasteiger partial charge in [0.05, 0.1) is 7.11 Å². The molecule has 0 atom stereocenters. The number of aryl methyl sites for hydroxylation is 1. The number of nitrogens with one attached hydrogen (secondary N) is 1. The Hall–Kier alpha value is -1.45. The van der Waals surface area contributed by atoms with Crippen LogP contribution in [0.3, 0.4) is 0 Å². The van der Waals surface area contributed by atoms with E-state index >= 15 is 0 Å². The first-order chi connectivity index (χ1) is 10.2. The van der Waals surface area contributed by atoms with E-state index in [1.54, 1.807) is 18.9 Å². The highest BCUT2D eigenvalue weighted by Gasteiger charge is 2.04. The van der Waals surface area contributed by atoms with E-state index in [1.807, 2.05) is 12.1 Å². The van der Waals surface area contributed by atoms with Crippen molar-refractivity contribution in [3.8, 4) is 5.75 Å². The Labute approximate surface area is 131 Å². The second-order valence-electron chi connectivity index (χ2n) is 5.06. The van der Waals surface area contributed by atoms with Gasteiger partial charge in [-0.25, -0.2) is 0 Å². The zero-order valence-electron chi connectivity index (χ0n) is 13.0. The van der Waals surface area contributed by atoms with Gasteiger partial charge in [0.15, 0.2) is 0 Å². The third kappa shape index (κ3) is 4.80. The lowest BCUT2D eigenvalue weighted by atomic mass is 10.1. The molecule has 1 N–H and O–H groups in total. The summed E-state index contributed by atoms with van der Waals surface area (Å²) in [6.07, 6.45) is 1.17. The SMILES string of the molecule is CCCNCc1ccc(Sc2cccc(OC)c2)c(C)c1. The minimum Gasteiger partial charge on any atom is -0.497 e. The first kappa shape index (κ1) is 15.9. The molecule has 0 bridgehead atoms. The maximum Gasteiger partial charge on any atom is 0.119 e. The van der Waals surface area contributed by atoms with E-state index in [1.165, 1.54) is 27.3 Å². The predicted octanol–water partition coefficient (Wildman–Crippen LogP) is 4.65. The van der Waals surface area contributed by atoms with Crippen LogP contribution >= 0.6 is 11.8 Å². The van der Waals surface area contributed by atoms with Gasteiger partial charge in [-0.05, 0) is 55.3 Å². The summed E-state index contributed by atoms with van der Waals surface area (Å²) in [5, 5.41) is 3.44. The van der Waals surface area contributed by atoms with E-state index in [-0.39, 0.29) is 0 Å². The van der Waals surface area contributed by atoms with Crippen LogP contribution in [0, 0.1) is 6.92 Å². The van der Waals surface area contributed by atoms with Gasteiger partial charge in [-0.15, -0.1) is 0 Å². The molecule has 21 heavy (non-hydrogen) atoms. The second kappa shape index (κ2) is 8.11. The van der Waals surface area contributed by atoms with Crippen LogP contribution in [-0.2, 0) is 6.54 Å². The van der Waals surface area contributed by atoms with Gasteiger partial charge in [-0.2, -0.15) is 0 Å². The fraction of sp³-hybridized carbons (Fsp3) is 0.333. The summed E-state index contributed by atoms with van der Waals surface area (Å²) in [6, 6.07) is 14.9. The molecule has 2 aromatic carbocycles. The molecule has 2 rings (SSSR count). The topological polar surface area (TPSA) is 21.3 Å². The van der Waals surface area contributed by atoms with Crippen LogP contribution in [0.1, 0.15) is 24.5 Å². The van der Waals surface area contributed by atoms with Gasteiger partial charge < -0.3 is 10.1 Å². The third-order valence-corrected chi connectivity index (χ3v) is 4.43. The number of ether oxygens (including phenoxy) is 1. The molecule has 0 heterocycles. The maximum absolute atomic E-state index is 5.28. The minimum atomic E-state index is 0.901. The Morgan fingerprint density at radius 3 is 2.71 bits per heavy atom. The fourth-order valence-electron chi connectivity index (χ4n) is 2.14. The van der Waals surface area contributed by atoms with Crippen molar-refractivity contribution in [2.75, 3.05) is 13.7 Å². The minimum absolute atomic E-state index is 0.901. The van der Waals surface area contributed by atoms with Gasteiger partial charge in [0, 0.05) is 16.3 Å². The molecule has 0 saturated carbocycles. The molecule has 0 radical (unpaired) electrons.